The Kier molecular flexibility index (Phi) is 5.35. The van der Waals surface area contributed by atoms with Gasteiger partial charge in [0.05, 0.1) is 22.1 Å². The molecule has 1 aliphatic carbocycles. The van der Waals surface area contributed by atoms with Crippen molar-refractivity contribution in [3.63, 3.8) is 0 Å². The number of nitrogens with one attached hydrogen (secondary N) is 1. The predicted molar refractivity (Wildman–Crippen MR) is 121 cm³/mol. The minimum absolute atomic E-state index is 0.0632. The lowest BCUT2D eigenvalue weighted by Gasteiger charge is -2.26. The van der Waals surface area contributed by atoms with Crippen LogP contribution in [0.25, 0.3) is 11.3 Å². The first-order chi connectivity index (χ1) is 14.7. The predicted octanol–water partition coefficient (Wildman–Crippen LogP) is 5.94. The fourth-order valence-electron chi connectivity index (χ4n) is 4.19. The van der Waals surface area contributed by atoms with E-state index in [4.69, 9.17) is 21.3 Å². The number of benzene rings is 2. The molecule has 1 N–H and O–H groups in total. The molecule has 0 spiro atoms. The standard InChI is InChI=1S/C23H22ClN3O2S/c24-17-8-4-5-9-18(17)26-23-27(16-6-2-1-3-7-16)20(14-30-23)15-10-11-21-19(12-15)25-22(28)13-29-21/h4-5,8-12,14,16H,1-3,6-7,13H2,(H,25,28). The first kappa shape index (κ1) is 19.4. The summed E-state index contributed by atoms with van der Waals surface area (Å²) in [5.41, 5.74) is 3.65. The Bertz CT molecular complexity index is 1160. The van der Waals surface area contributed by atoms with Gasteiger partial charge in [0.25, 0.3) is 5.91 Å². The fourth-order valence-corrected chi connectivity index (χ4v) is 5.35. The molecule has 2 aromatic carbocycles. The smallest absolute Gasteiger partial charge is 0.262 e. The number of thiazole rings is 1. The first-order valence-electron chi connectivity index (χ1n) is 10.3. The average Bonchev–Trinajstić information content (AvgIpc) is 3.19. The third kappa shape index (κ3) is 3.77. The number of rotatable bonds is 3. The van der Waals surface area contributed by atoms with Gasteiger partial charge < -0.3 is 14.6 Å². The highest BCUT2D eigenvalue weighted by atomic mass is 35.5. The first-order valence-corrected chi connectivity index (χ1v) is 11.5. The molecule has 1 aromatic heterocycles. The Morgan fingerprint density at radius 2 is 1.97 bits per heavy atom. The van der Waals surface area contributed by atoms with E-state index in [1.165, 1.54) is 19.3 Å². The van der Waals surface area contributed by atoms with E-state index >= 15 is 0 Å². The van der Waals surface area contributed by atoms with Gasteiger partial charge in [-0.25, -0.2) is 4.99 Å². The molecule has 7 heteroatoms. The van der Waals surface area contributed by atoms with Crippen LogP contribution in [0.15, 0.2) is 52.8 Å². The van der Waals surface area contributed by atoms with Crippen molar-refractivity contribution in [3.05, 3.63) is 57.7 Å². The third-order valence-electron chi connectivity index (χ3n) is 5.66. The van der Waals surface area contributed by atoms with E-state index in [0.29, 0.717) is 16.8 Å². The SMILES string of the molecule is O=C1COc2ccc(-c3csc(=Nc4ccccc4Cl)n3C3CCCCC3)cc2N1. The number of amides is 1. The molecule has 5 nitrogen and oxygen atoms in total. The molecule has 3 aromatic rings. The Morgan fingerprint density at radius 1 is 1.13 bits per heavy atom. The van der Waals surface area contributed by atoms with E-state index < -0.39 is 0 Å². The summed E-state index contributed by atoms with van der Waals surface area (Å²) in [5, 5.41) is 5.71. The molecule has 30 heavy (non-hydrogen) atoms. The molecule has 1 fully saturated rings. The largest absolute Gasteiger partial charge is 0.482 e. The number of hydrogen-bond acceptors (Lipinski definition) is 4. The number of aromatic nitrogens is 1. The average molecular weight is 440 g/mol. The van der Waals surface area contributed by atoms with Gasteiger partial charge in [0.2, 0.25) is 0 Å². The van der Waals surface area contributed by atoms with Crippen molar-refractivity contribution >= 4 is 40.2 Å². The van der Waals surface area contributed by atoms with Crippen molar-refractivity contribution in [2.75, 3.05) is 11.9 Å². The van der Waals surface area contributed by atoms with Gasteiger partial charge in [-0.2, -0.15) is 0 Å². The number of halogens is 1. The fraction of sp³-hybridized carbons (Fsp3) is 0.304. The normalized spacial score (nSPS) is 17.4. The zero-order valence-electron chi connectivity index (χ0n) is 16.4. The van der Waals surface area contributed by atoms with E-state index in [0.717, 1.165) is 40.3 Å². The summed E-state index contributed by atoms with van der Waals surface area (Å²) in [6.45, 7) is 0.0632. The number of ether oxygens (including phenoxy) is 1. The highest BCUT2D eigenvalue weighted by Gasteiger charge is 2.22. The summed E-state index contributed by atoms with van der Waals surface area (Å²) in [5.74, 6) is 0.582. The Balaban J connectivity index is 1.64. The second kappa shape index (κ2) is 8.28. The molecule has 1 aliphatic heterocycles. The van der Waals surface area contributed by atoms with E-state index in [9.17, 15) is 4.79 Å². The van der Waals surface area contributed by atoms with Crippen LogP contribution < -0.4 is 14.9 Å². The molecular weight excluding hydrogens is 418 g/mol. The summed E-state index contributed by atoms with van der Waals surface area (Å²) in [7, 11) is 0. The Labute approximate surface area is 184 Å². The number of nitrogens with zero attached hydrogens (tertiary/aromatic N) is 2. The van der Waals surface area contributed by atoms with E-state index in [2.05, 4.69) is 21.3 Å². The second-order valence-electron chi connectivity index (χ2n) is 7.68. The molecule has 0 saturated heterocycles. The topological polar surface area (TPSA) is 55.6 Å². The van der Waals surface area contributed by atoms with Gasteiger partial charge in [-0.05, 0) is 43.2 Å². The molecule has 0 atom stereocenters. The lowest BCUT2D eigenvalue weighted by Crippen LogP contribution is -2.25. The maximum Gasteiger partial charge on any atom is 0.262 e. The minimum Gasteiger partial charge on any atom is -0.482 e. The summed E-state index contributed by atoms with van der Waals surface area (Å²) >= 11 is 8.00. The van der Waals surface area contributed by atoms with Gasteiger partial charge in [-0.15, -0.1) is 11.3 Å². The lowest BCUT2D eigenvalue weighted by atomic mass is 9.95. The second-order valence-corrected chi connectivity index (χ2v) is 8.92. The minimum atomic E-state index is -0.125. The number of anilines is 1. The number of fused-ring (bicyclic) bond motifs is 1. The molecule has 1 saturated carbocycles. The maximum atomic E-state index is 11.8. The van der Waals surface area contributed by atoms with Crippen LogP contribution >= 0.6 is 22.9 Å². The van der Waals surface area contributed by atoms with Gasteiger partial charge in [-0.1, -0.05) is 43.0 Å². The summed E-state index contributed by atoms with van der Waals surface area (Å²) in [6, 6.07) is 14.1. The van der Waals surface area contributed by atoms with Crippen molar-refractivity contribution in [2.45, 2.75) is 38.1 Å². The zero-order chi connectivity index (χ0) is 20.5. The molecular formula is C23H22ClN3O2S. The maximum absolute atomic E-state index is 11.8. The molecule has 2 aliphatic rings. The van der Waals surface area contributed by atoms with Gasteiger partial charge in [0.15, 0.2) is 11.4 Å². The van der Waals surface area contributed by atoms with Gasteiger partial charge in [-0.3, -0.25) is 4.79 Å². The van der Waals surface area contributed by atoms with Crippen molar-refractivity contribution in [3.8, 4) is 17.0 Å². The van der Waals surface area contributed by atoms with Crippen LogP contribution in [0.4, 0.5) is 11.4 Å². The zero-order valence-corrected chi connectivity index (χ0v) is 18.0. The summed E-state index contributed by atoms with van der Waals surface area (Å²) in [6.07, 6.45) is 6.03. The molecule has 154 valence electrons. The monoisotopic (exact) mass is 439 g/mol. The van der Waals surface area contributed by atoms with Crippen LogP contribution in [-0.2, 0) is 4.79 Å². The number of para-hydroxylation sites is 1. The van der Waals surface area contributed by atoms with Crippen LogP contribution in [0.1, 0.15) is 38.1 Å². The van der Waals surface area contributed by atoms with Gasteiger partial charge in [0.1, 0.15) is 5.75 Å². The van der Waals surface area contributed by atoms with Crippen LogP contribution in [0.2, 0.25) is 5.02 Å². The number of carbonyl (C=O) groups excluding carboxylic acids is 1. The molecule has 1 amide bonds. The van der Waals surface area contributed by atoms with Gasteiger partial charge in [0, 0.05) is 17.0 Å². The molecule has 2 heterocycles. The van der Waals surface area contributed by atoms with Gasteiger partial charge >= 0.3 is 0 Å². The molecule has 0 radical (unpaired) electrons. The Hall–Kier alpha value is -2.57. The highest BCUT2D eigenvalue weighted by molar-refractivity contribution is 7.07. The van der Waals surface area contributed by atoms with Crippen molar-refractivity contribution in [1.29, 1.82) is 0 Å². The molecule has 5 rings (SSSR count). The number of hydrogen-bond donors (Lipinski definition) is 1. The van der Waals surface area contributed by atoms with E-state index in [1.807, 2.05) is 36.4 Å². The van der Waals surface area contributed by atoms with Crippen molar-refractivity contribution < 1.29 is 9.53 Å². The highest BCUT2D eigenvalue weighted by Crippen LogP contribution is 2.36. The lowest BCUT2D eigenvalue weighted by molar-refractivity contribution is -0.118. The Morgan fingerprint density at radius 3 is 2.80 bits per heavy atom. The van der Waals surface area contributed by atoms with E-state index in [-0.39, 0.29) is 12.5 Å². The number of carbonyl (C=O) groups is 1. The quantitative estimate of drug-likeness (QED) is 0.549. The molecule has 0 bridgehead atoms. The molecule has 0 unspecified atom stereocenters. The van der Waals surface area contributed by atoms with E-state index in [1.54, 1.807) is 11.3 Å². The van der Waals surface area contributed by atoms with Crippen LogP contribution in [0.5, 0.6) is 5.75 Å². The van der Waals surface area contributed by atoms with Crippen molar-refractivity contribution in [1.82, 2.24) is 4.57 Å². The summed E-state index contributed by atoms with van der Waals surface area (Å²) in [4.78, 5) is 17.6. The van der Waals surface area contributed by atoms with Crippen LogP contribution in [0, 0.1) is 0 Å². The van der Waals surface area contributed by atoms with Crippen LogP contribution in [0.3, 0.4) is 0 Å². The summed E-state index contributed by atoms with van der Waals surface area (Å²) < 4.78 is 7.88. The van der Waals surface area contributed by atoms with Crippen molar-refractivity contribution in [2.24, 2.45) is 4.99 Å². The third-order valence-corrected chi connectivity index (χ3v) is 6.82. The van der Waals surface area contributed by atoms with Crippen LogP contribution in [-0.4, -0.2) is 17.1 Å².